The van der Waals surface area contributed by atoms with Crippen LogP contribution in [0.2, 0.25) is 0 Å². The SMILES string of the molecule is CCOc1ccc(/C=N/NC(=O)Nc2ccc(Br)c(C)c2)cc1OC. The van der Waals surface area contributed by atoms with Crippen LogP contribution in [0.5, 0.6) is 11.5 Å². The number of nitrogens with zero attached hydrogens (tertiary/aromatic N) is 1. The fraction of sp³-hybridized carbons (Fsp3) is 0.222. The van der Waals surface area contributed by atoms with Crippen molar-refractivity contribution in [3.63, 3.8) is 0 Å². The molecule has 2 aromatic carbocycles. The number of urea groups is 1. The van der Waals surface area contributed by atoms with Crippen molar-refractivity contribution in [3.8, 4) is 11.5 Å². The molecule has 2 aromatic rings. The number of carbonyl (C=O) groups is 1. The van der Waals surface area contributed by atoms with Gasteiger partial charge in [0.05, 0.1) is 19.9 Å². The van der Waals surface area contributed by atoms with Crippen molar-refractivity contribution in [2.45, 2.75) is 13.8 Å². The highest BCUT2D eigenvalue weighted by Gasteiger charge is 2.05. The molecule has 2 amide bonds. The number of ether oxygens (including phenoxy) is 2. The lowest BCUT2D eigenvalue weighted by atomic mass is 10.2. The first-order valence-corrected chi connectivity index (χ1v) is 8.49. The van der Waals surface area contributed by atoms with E-state index in [9.17, 15) is 4.79 Å². The zero-order chi connectivity index (χ0) is 18.2. The standard InChI is InChI=1S/C18H20BrN3O3/c1-4-25-16-8-5-13(10-17(16)24-3)11-20-22-18(23)21-14-6-7-15(19)12(2)9-14/h5-11H,4H2,1-3H3,(H2,21,22,23)/b20-11+. The average Bonchev–Trinajstić information content (AvgIpc) is 2.59. The Morgan fingerprint density at radius 3 is 2.72 bits per heavy atom. The molecule has 25 heavy (non-hydrogen) atoms. The van der Waals surface area contributed by atoms with Crippen molar-refractivity contribution in [3.05, 3.63) is 52.0 Å². The van der Waals surface area contributed by atoms with E-state index in [1.165, 1.54) is 6.21 Å². The molecule has 2 N–H and O–H groups in total. The predicted molar refractivity (Wildman–Crippen MR) is 103 cm³/mol. The van der Waals surface area contributed by atoms with E-state index in [4.69, 9.17) is 9.47 Å². The molecule has 6 nitrogen and oxygen atoms in total. The van der Waals surface area contributed by atoms with Crippen LogP contribution in [0.1, 0.15) is 18.1 Å². The van der Waals surface area contributed by atoms with Gasteiger partial charge in [-0.1, -0.05) is 15.9 Å². The smallest absolute Gasteiger partial charge is 0.339 e. The summed E-state index contributed by atoms with van der Waals surface area (Å²) in [7, 11) is 1.57. The number of anilines is 1. The molecular formula is C18H20BrN3O3. The molecule has 2 rings (SSSR count). The molecule has 0 saturated heterocycles. The van der Waals surface area contributed by atoms with Crippen molar-refractivity contribution >= 4 is 33.9 Å². The lowest BCUT2D eigenvalue weighted by Gasteiger charge is -2.09. The van der Waals surface area contributed by atoms with E-state index in [1.54, 1.807) is 25.3 Å². The number of rotatable bonds is 6. The summed E-state index contributed by atoms with van der Waals surface area (Å²) in [6.07, 6.45) is 1.53. The zero-order valence-corrected chi connectivity index (χ0v) is 15.9. The van der Waals surface area contributed by atoms with Crippen molar-refractivity contribution < 1.29 is 14.3 Å². The van der Waals surface area contributed by atoms with Gasteiger partial charge in [-0.3, -0.25) is 0 Å². The summed E-state index contributed by atoms with van der Waals surface area (Å²) in [6, 6.07) is 10.5. The maximum Gasteiger partial charge on any atom is 0.339 e. The number of amides is 2. The first-order chi connectivity index (χ1) is 12.0. The van der Waals surface area contributed by atoms with Crippen LogP contribution in [0.3, 0.4) is 0 Å². The second-order valence-electron chi connectivity index (χ2n) is 5.13. The molecule has 0 spiro atoms. The molecule has 0 heterocycles. The molecule has 132 valence electrons. The average molecular weight is 406 g/mol. The number of hydrogen-bond donors (Lipinski definition) is 2. The normalized spacial score (nSPS) is 10.6. The highest BCUT2D eigenvalue weighted by atomic mass is 79.9. The maximum absolute atomic E-state index is 11.9. The summed E-state index contributed by atoms with van der Waals surface area (Å²) >= 11 is 3.42. The number of nitrogens with one attached hydrogen (secondary N) is 2. The number of aryl methyl sites for hydroxylation is 1. The molecule has 0 saturated carbocycles. The van der Waals surface area contributed by atoms with Crippen LogP contribution in [0.25, 0.3) is 0 Å². The van der Waals surface area contributed by atoms with Gasteiger partial charge in [-0.05, 0) is 61.4 Å². The highest BCUT2D eigenvalue weighted by Crippen LogP contribution is 2.27. The van der Waals surface area contributed by atoms with Crippen molar-refractivity contribution in [1.82, 2.24) is 5.43 Å². The lowest BCUT2D eigenvalue weighted by Crippen LogP contribution is -2.24. The molecule has 7 heteroatoms. The first-order valence-electron chi connectivity index (χ1n) is 7.70. The van der Waals surface area contributed by atoms with Gasteiger partial charge in [0.1, 0.15) is 0 Å². The van der Waals surface area contributed by atoms with E-state index < -0.39 is 6.03 Å². The minimum Gasteiger partial charge on any atom is -0.493 e. The molecular weight excluding hydrogens is 386 g/mol. The lowest BCUT2D eigenvalue weighted by molar-refractivity contribution is 0.252. The van der Waals surface area contributed by atoms with Crippen LogP contribution in [0.15, 0.2) is 46.0 Å². The highest BCUT2D eigenvalue weighted by molar-refractivity contribution is 9.10. The maximum atomic E-state index is 11.9. The second-order valence-corrected chi connectivity index (χ2v) is 5.99. The third-order valence-electron chi connectivity index (χ3n) is 3.28. The number of hydrogen-bond acceptors (Lipinski definition) is 4. The minimum atomic E-state index is -0.420. The van der Waals surface area contributed by atoms with Gasteiger partial charge >= 0.3 is 6.03 Å². The van der Waals surface area contributed by atoms with Crippen molar-refractivity contribution in [2.24, 2.45) is 5.10 Å². The van der Waals surface area contributed by atoms with E-state index in [1.807, 2.05) is 32.0 Å². The van der Waals surface area contributed by atoms with Crippen LogP contribution in [0.4, 0.5) is 10.5 Å². The van der Waals surface area contributed by atoms with Crippen LogP contribution in [0, 0.1) is 6.92 Å². The largest absolute Gasteiger partial charge is 0.493 e. The Hall–Kier alpha value is -2.54. The molecule has 0 aromatic heterocycles. The van der Waals surface area contributed by atoms with Gasteiger partial charge in [0.15, 0.2) is 11.5 Å². The number of benzene rings is 2. The predicted octanol–water partition coefficient (Wildman–Crippen LogP) is 4.32. The molecule has 0 bridgehead atoms. The molecule has 0 aliphatic rings. The van der Waals surface area contributed by atoms with E-state index in [2.05, 4.69) is 31.8 Å². The summed E-state index contributed by atoms with van der Waals surface area (Å²) in [5.41, 5.74) is 4.93. The van der Waals surface area contributed by atoms with Crippen LogP contribution in [-0.4, -0.2) is 26.0 Å². The number of methoxy groups -OCH3 is 1. The zero-order valence-electron chi connectivity index (χ0n) is 14.3. The second kappa shape index (κ2) is 9.08. The summed E-state index contributed by atoms with van der Waals surface area (Å²) in [5, 5.41) is 6.65. The van der Waals surface area contributed by atoms with Gasteiger partial charge in [-0.25, -0.2) is 10.2 Å². The van der Waals surface area contributed by atoms with Crippen molar-refractivity contribution in [1.29, 1.82) is 0 Å². The fourth-order valence-electron chi connectivity index (χ4n) is 2.09. The Morgan fingerprint density at radius 2 is 2.04 bits per heavy atom. The van der Waals surface area contributed by atoms with Crippen LogP contribution in [-0.2, 0) is 0 Å². The van der Waals surface area contributed by atoms with E-state index in [-0.39, 0.29) is 0 Å². The Balaban J connectivity index is 1.95. The molecule has 0 fully saturated rings. The van der Waals surface area contributed by atoms with Gasteiger partial charge in [0, 0.05) is 10.2 Å². The third-order valence-corrected chi connectivity index (χ3v) is 4.17. The van der Waals surface area contributed by atoms with E-state index in [0.29, 0.717) is 23.8 Å². The van der Waals surface area contributed by atoms with Crippen LogP contribution < -0.4 is 20.2 Å². The molecule has 0 unspecified atom stereocenters. The third kappa shape index (κ3) is 5.49. The summed E-state index contributed by atoms with van der Waals surface area (Å²) in [5.74, 6) is 1.28. The number of hydrazone groups is 1. The monoisotopic (exact) mass is 405 g/mol. The topological polar surface area (TPSA) is 72.0 Å². The van der Waals surface area contributed by atoms with E-state index in [0.717, 1.165) is 15.6 Å². The van der Waals surface area contributed by atoms with Crippen LogP contribution >= 0.6 is 15.9 Å². The molecule has 0 aliphatic heterocycles. The van der Waals surface area contributed by atoms with E-state index >= 15 is 0 Å². The Bertz CT molecular complexity index is 778. The van der Waals surface area contributed by atoms with Gasteiger partial charge in [-0.2, -0.15) is 5.10 Å². The van der Waals surface area contributed by atoms with Gasteiger partial charge in [-0.15, -0.1) is 0 Å². The molecule has 0 atom stereocenters. The Kier molecular flexibility index (Phi) is 6.82. The van der Waals surface area contributed by atoms with Crippen molar-refractivity contribution in [2.75, 3.05) is 19.0 Å². The number of carbonyl (C=O) groups excluding carboxylic acids is 1. The van der Waals surface area contributed by atoms with Gasteiger partial charge in [0.25, 0.3) is 0 Å². The Morgan fingerprint density at radius 1 is 1.24 bits per heavy atom. The fourth-order valence-corrected chi connectivity index (χ4v) is 2.33. The summed E-state index contributed by atoms with van der Waals surface area (Å²) in [6.45, 7) is 4.41. The number of halogens is 1. The summed E-state index contributed by atoms with van der Waals surface area (Å²) < 4.78 is 11.7. The molecule has 0 radical (unpaired) electrons. The molecule has 0 aliphatic carbocycles. The Labute approximate surface area is 155 Å². The minimum absolute atomic E-state index is 0.420. The van der Waals surface area contributed by atoms with Gasteiger partial charge in [0.2, 0.25) is 0 Å². The summed E-state index contributed by atoms with van der Waals surface area (Å²) in [4.78, 5) is 11.9. The van der Waals surface area contributed by atoms with Gasteiger partial charge < -0.3 is 14.8 Å². The quantitative estimate of drug-likeness (QED) is 0.555. The first kappa shape index (κ1) is 18.8.